The van der Waals surface area contributed by atoms with Gasteiger partial charge in [-0.3, -0.25) is 9.34 Å². The lowest BCUT2D eigenvalue weighted by atomic mass is 10.3. The highest BCUT2D eigenvalue weighted by molar-refractivity contribution is 7.61. The van der Waals surface area contributed by atoms with Gasteiger partial charge in [-0.25, -0.2) is 0 Å². The summed E-state index contributed by atoms with van der Waals surface area (Å²) in [4.78, 5) is 0. The van der Waals surface area contributed by atoms with Gasteiger partial charge in [0.25, 0.3) is 0 Å². The fraction of sp³-hybridized carbons (Fsp3) is 0.571. The van der Waals surface area contributed by atoms with Gasteiger partial charge in [-0.2, -0.15) is 0 Å². The number of rotatable bonds is 3. The Kier molecular flexibility index (Phi) is 3.83. The minimum Gasteiger partial charge on any atom is -0.507 e. The average molecular weight is 264 g/mol. The minimum atomic E-state index is -0.462. The standard InChI is InChI=1S/C14H21N2OP/c17-13-7-1-2-8-14(13)18(15-9-3-4-10-15)16-11-5-6-12-16/h1-2,7-8,17H,3-6,9-12H2. The first-order valence-electron chi connectivity index (χ1n) is 6.94. The summed E-state index contributed by atoms with van der Waals surface area (Å²) in [6.45, 7) is 4.76. The lowest BCUT2D eigenvalue weighted by molar-refractivity contribution is 0.467. The average Bonchev–Trinajstić information content (AvgIpc) is 3.05. The SMILES string of the molecule is Oc1ccccc1P(N1CCCC1)N1CCCC1. The molecule has 2 fully saturated rings. The molecule has 2 aliphatic heterocycles. The van der Waals surface area contributed by atoms with E-state index in [1.165, 1.54) is 51.9 Å². The summed E-state index contributed by atoms with van der Waals surface area (Å²) >= 11 is 0. The molecule has 18 heavy (non-hydrogen) atoms. The van der Waals surface area contributed by atoms with Gasteiger partial charge in [-0.1, -0.05) is 12.1 Å². The van der Waals surface area contributed by atoms with E-state index in [4.69, 9.17) is 0 Å². The van der Waals surface area contributed by atoms with Crippen LogP contribution in [0.25, 0.3) is 0 Å². The second kappa shape index (κ2) is 5.56. The third kappa shape index (κ3) is 2.40. The molecule has 0 saturated carbocycles. The van der Waals surface area contributed by atoms with E-state index in [0.717, 1.165) is 5.30 Å². The van der Waals surface area contributed by atoms with E-state index in [2.05, 4.69) is 21.5 Å². The third-order valence-electron chi connectivity index (χ3n) is 3.80. The van der Waals surface area contributed by atoms with Crippen LogP contribution in [-0.2, 0) is 0 Å². The first-order valence-corrected chi connectivity index (χ1v) is 8.19. The monoisotopic (exact) mass is 264 g/mol. The Hall–Kier alpha value is -0.630. The predicted molar refractivity (Wildman–Crippen MR) is 76.3 cm³/mol. The zero-order valence-corrected chi connectivity index (χ0v) is 11.6. The molecule has 1 aromatic rings. The van der Waals surface area contributed by atoms with E-state index in [1.54, 1.807) is 0 Å². The molecule has 1 N–H and O–H groups in total. The van der Waals surface area contributed by atoms with Crippen LogP contribution in [0.1, 0.15) is 25.7 Å². The van der Waals surface area contributed by atoms with Crippen LogP contribution in [0.4, 0.5) is 0 Å². The van der Waals surface area contributed by atoms with E-state index < -0.39 is 8.22 Å². The number of phenols is 1. The number of phenolic OH excluding ortho intramolecular Hbond substituents is 1. The molecule has 4 heteroatoms. The number of hydrogen-bond acceptors (Lipinski definition) is 3. The van der Waals surface area contributed by atoms with Crippen LogP contribution >= 0.6 is 8.22 Å². The van der Waals surface area contributed by atoms with E-state index in [0.29, 0.717) is 5.75 Å². The number of aromatic hydroxyl groups is 1. The molecule has 2 saturated heterocycles. The van der Waals surface area contributed by atoms with Crippen LogP contribution < -0.4 is 5.30 Å². The summed E-state index contributed by atoms with van der Waals surface area (Å²) < 4.78 is 5.19. The molecular weight excluding hydrogens is 243 g/mol. The van der Waals surface area contributed by atoms with Crippen molar-refractivity contribution < 1.29 is 5.11 Å². The van der Waals surface area contributed by atoms with Crippen LogP contribution in [0.3, 0.4) is 0 Å². The quantitative estimate of drug-likeness (QED) is 0.850. The fourth-order valence-corrected chi connectivity index (χ4v) is 5.69. The predicted octanol–water partition coefficient (Wildman–Crippen LogP) is 2.52. The Labute approximate surface area is 110 Å². The Balaban J connectivity index is 1.90. The highest BCUT2D eigenvalue weighted by atomic mass is 31.1. The molecule has 0 atom stereocenters. The van der Waals surface area contributed by atoms with Gasteiger partial charge in [0.15, 0.2) is 0 Å². The molecule has 0 unspecified atom stereocenters. The summed E-state index contributed by atoms with van der Waals surface area (Å²) in [5.74, 6) is 0.474. The van der Waals surface area contributed by atoms with Crippen molar-refractivity contribution in [3.05, 3.63) is 24.3 Å². The molecule has 0 bridgehead atoms. The highest BCUT2D eigenvalue weighted by Crippen LogP contribution is 2.48. The molecule has 3 nitrogen and oxygen atoms in total. The molecule has 0 aromatic heterocycles. The van der Waals surface area contributed by atoms with Crippen molar-refractivity contribution in [1.82, 2.24) is 9.34 Å². The molecule has 1 aromatic carbocycles. The molecular formula is C14H21N2OP. The summed E-state index contributed by atoms with van der Waals surface area (Å²) in [5.41, 5.74) is 0. The second-order valence-corrected chi connectivity index (χ2v) is 7.29. The van der Waals surface area contributed by atoms with Gasteiger partial charge in [-0.05, 0) is 37.8 Å². The Bertz CT molecular complexity index is 385. The van der Waals surface area contributed by atoms with E-state index in [-0.39, 0.29) is 0 Å². The fourth-order valence-electron chi connectivity index (χ4n) is 2.90. The lowest BCUT2D eigenvalue weighted by Crippen LogP contribution is -2.30. The van der Waals surface area contributed by atoms with Crippen LogP contribution in [0.2, 0.25) is 0 Å². The van der Waals surface area contributed by atoms with E-state index in [1.807, 2.05) is 12.1 Å². The molecule has 2 aliphatic rings. The number of hydrogen-bond donors (Lipinski definition) is 1. The van der Waals surface area contributed by atoms with Gasteiger partial charge in [-0.15, -0.1) is 0 Å². The summed E-state index contributed by atoms with van der Waals surface area (Å²) in [5, 5.41) is 11.3. The third-order valence-corrected chi connectivity index (χ3v) is 6.48. The molecule has 0 aliphatic carbocycles. The highest BCUT2D eigenvalue weighted by Gasteiger charge is 2.32. The molecule has 3 rings (SSSR count). The van der Waals surface area contributed by atoms with Crippen molar-refractivity contribution >= 4 is 13.5 Å². The largest absolute Gasteiger partial charge is 0.507 e. The zero-order chi connectivity index (χ0) is 12.4. The van der Waals surface area contributed by atoms with Crippen LogP contribution in [0.15, 0.2) is 24.3 Å². The van der Waals surface area contributed by atoms with Crippen molar-refractivity contribution in [2.24, 2.45) is 0 Å². The molecule has 0 radical (unpaired) electrons. The summed E-state index contributed by atoms with van der Waals surface area (Å²) in [7, 11) is -0.462. The van der Waals surface area contributed by atoms with Crippen molar-refractivity contribution in [2.75, 3.05) is 26.2 Å². The summed E-state index contributed by atoms with van der Waals surface area (Å²) in [6, 6.07) is 7.91. The van der Waals surface area contributed by atoms with Gasteiger partial charge < -0.3 is 5.11 Å². The number of nitrogens with zero attached hydrogens (tertiary/aromatic N) is 2. The number of benzene rings is 1. The van der Waals surface area contributed by atoms with Crippen molar-refractivity contribution in [3.63, 3.8) is 0 Å². The van der Waals surface area contributed by atoms with Crippen LogP contribution in [-0.4, -0.2) is 40.6 Å². The smallest absolute Gasteiger partial charge is 0.125 e. The van der Waals surface area contributed by atoms with E-state index in [9.17, 15) is 5.11 Å². The lowest BCUT2D eigenvalue weighted by Gasteiger charge is -2.35. The van der Waals surface area contributed by atoms with Gasteiger partial charge in [0.05, 0.1) is 8.22 Å². The summed E-state index contributed by atoms with van der Waals surface area (Å²) in [6.07, 6.45) is 5.22. The topological polar surface area (TPSA) is 26.7 Å². The first kappa shape index (κ1) is 12.4. The Morgan fingerprint density at radius 1 is 0.833 bits per heavy atom. The second-order valence-electron chi connectivity index (χ2n) is 5.10. The Morgan fingerprint density at radius 3 is 1.83 bits per heavy atom. The normalized spacial score (nSPS) is 22.1. The molecule has 0 amide bonds. The molecule has 98 valence electrons. The maximum Gasteiger partial charge on any atom is 0.125 e. The maximum atomic E-state index is 10.2. The maximum absolute atomic E-state index is 10.2. The molecule has 0 spiro atoms. The van der Waals surface area contributed by atoms with Crippen LogP contribution in [0.5, 0.6) is 5.75 Å². The Morgan fingerprint density at radius 2 is 1.33 bits per heavy atom. The minimum absolute atomic E-state index is 0.462. The van der Waals surface area contributed by atoms with Gasteiger partial charge in [0, 0.05) is 31.5 Å². The van der Waals surface area contributed by atoms with Gasteiger partial charge >= 0.3 is 0 Å². The zero-order valence-electron chi connectivity index (χ0n) is 10.8. The van der Waals surface area contributed by atoms with Gasteiger partial charge in [0.2, 0.25) is 0 Å². The van der Waals surface area contributed by atoms with Crippen molar-refractivity contribution in [2.45, 2.75) is 25.7 Å². The van der Waals surface area contributed by atoms with E-state index >= 15 is 0 Å². The first-order chi connectivity index (χ1) is 8.86. The van der Waals surface area contributed by atoms with Crippen LogP contribution in [0, 0.1) is 0 Å². The van der Waals surface area contributed by atoms with Gasteiger partial charge in [0.1, 0.15) is 5.75 Å². The van der Waals surface area contributed by atoms with Crippen molar-refractivity contribution in [3.8, 4) is 5.75 Å². The number of para-hydroxylation sites is 1. The molecule has 2 heterocycles. The van der Waals surface area contributed by atoms with Crippen molar-refractivity contribution in [1.29, 1.82) is 0 Å².